The SMILES string of the molecule is C=CC(=O)Nc1ccnc(-c2cccc3cnc(Nc4ccc(N5CCOC[C@H]5CN)nc4)nc23)c1. The van der Waals surface area contributed by atoms with Crippen molar-refractivity contribution in [2.75, 3.05) is 41.8 Å². The minimum absolute atomic E-state index is 0.115. The average Bonchev–Trinajstić information content (AvgIpc) is 2.93. The number of para-hydroxylation sites is 1. The number of pyridine rings is 2. The minimum Gasteiger partial charge on any atom is -0.377 e. The molecule has 1 aliphatic heterocycles. The van der Waals surface area contributed by atoms with Crippen LogP contribution in [0.4, 0.5) is 23.1 Å². The lowest BCUT2D eigenvalue weighted by molar-refractivity contribution is -0.111. The molecule has 4 N–H and O–H groups in total. The fourth-order valence-electron chi connectivity index (χ4n) is 4.08. The van der Waals surface area contributed by atoms with Crippen molar-refractivity contribution in [3.05, 3.63) is 73.7 Å². The summed E-state index contributed by atoms with van der Waals surface area (Å²) in [6, 6.07) is 13.3. The van der Waals surface area contributed by atoms with Crippen LogP contribution in [0, 0.1) is 0 Å². The van der Waals surface area contributed by atoms with Gasteiger partial charge in [-0.25, -0.2) is 15.0 Å². The summed E-state index contributed by atoms with van der Waals surface area (Å²) in [6.45, 7) is 6.01. The number of amides is 1. The third kappa shape index (κ3) is 4.99. The highest BCUT2D eigenvalue weighted by Crippen LogP contribution is 2.28. The van der Waals surface area contributed by atoms with Crippen LogP contribution in [0.1, 0.15) is 0 Å². The van der Waals surface area contributed by atoms with Crippen molar-refractivity contribution in [1.82, 2.24) is 19.9 Å². The number of rotatable bonds is 7. The summed E-state index contributed by atoms with van der Waals surface area (Å²) < 4.78 is 5.53. The summed E-state index contributed by atoms with van der Waals surface area (Å²) in [5.74, 6) is 1.01. The Labute approximate surface area is 208 Å². The van der Waals surface area contributed by atoms with Gasteiger partial charge in [0.15, 0.2) is 0 Å². The zero-order chi connectivity index (χ0) is 24.9. The van der Waals surface area contributed by atoms with Crippen LogP contribution in [0.25, 0.3) is 22.2 Å². The zero-order valence-corrected chi connectivity index (χ0v) is 19.6. The van der Waals surface area contributed by atoms with Crippen molar-refractivity contribution < 1.29 is 9.53 Å². The summed E-state index contributed by atoms with van der Waals surface area (Å²) in [5, 5.41) is 6.87. The number of ether oxygens (including phenoxy) is 1. The number of hydrogen-bond acceptors (Lipinski definition) is 9. The van der Waals surface area contributed by atoms with Gasteiger partial charge in [0, 0.05) is 42.1 Å². The highest BCUT2D eigenvalue weighted by atomic mass is 16.5. The van der Waals surface area contributed by atoms with Gasteiger partial charge in [-0.2, -0.15) is 0 Å². The van der Waals surface area contributed by atoms with Crippen LogP contribution >= 0.6 is 0 Å². The molecule has 1 atom stereocenters. The molecule has 3 aromatic heterocycles. The van der Waals surface area contributed by atoms with Crippen LogP contribution < -0.4 is 21.3 Å². The van der Waals surface area contributed by atoms with E-state index in [1.165, 1.54) is 6.08 Å². The molecule has 1 aromatic carbocycles. The Bertz CT molecular complexity index is 1390. The maximum absolute atomic E-state index is 11.7. The van der Waals surface area contributed by atoms with E-state index in [9.17, 15) is 4.79 Å². The third-order valence-electron chi connectivity index (χ3n) is 5.90. The molecule has 182 valence electrons. The van der Waals surface area contributed by atoms with Gasteiger partial charge in [-0.3, -0.25) is 9.78 Å². The molecular weight excluding hydrogens is 456 g/mol. The van der Waals surface area contributed by atoms with Crippen molar-refractivity contribution in [2.45, 2.75) is 6.04 Å². The standard InChI is InChI=1S/C26H26N8O2/c1-2-24(35)31-18-8-9-28-22(12-18)21-5-3-4-17-14-30-26(33-25(17)21)32-19-6-7-23(29-15-19)34-10-11-36-16-20(34)13-27/h2-9,12,14-15,20H,1,10-11,13,16,27H2,(H,28,31,35)(H,30,32,33)/t20-/m1/s1. The number of nitrogens with one attached hydrogen (secondary N) is 2. The van der Waals surface area contributed by atoms with Crippen molar-refractivity contribution >= 4 is 40.0 Å². The first-order valence-electron chi connectivity index (χ1n) is 11.6. The number of anilines is 4. The molecule has 0 spiro atoms. The van der Waals surface area contributed by atoms with E-state index in [4.69, 9.17) is 15.5 Å². The number of fused-ring (bicyclic) bond motifs is 1. The average molecular weight is 483 g/mol. The molecule has 0 saturated carbocycles. The van der Waals surface area contributed by atoms with Gasteiger partial charge >= 0.3 is 0 Å². The van der Waals surface area contributed by atoms with Gasteiger partial charge in [-0.05, 0) is 30.3 Å². The molecule has 4 heterocycles. The Morgan fingerprint density at radius 2 is 2.08 bits per heavy atom. The monoisotopic (exact) mass is 482 g/mol. The van der Waals surface area contributed by atoms with E-state index in [-0.39, 0.29) is 11.9 Å². The summed E-state index contributed by atoms with van der Waals surface area (Å²) in [7, 11) is 0. The van der Waals surface area contributed by atoms with Crippen molar-refractivity contribution in [3.63, 3.8) is 0 Å². The lowest BCUT2D eigenvalue weighted by atomic mass is 10.1. The number of morpholine rings is 1. The topological polar surface area (TPSA) is 131 Å². The Balaban J connectivity index is 1.40. The zero-order valence-electron chi connectivity index (χ0n) is 19.6. The smallest absolute Gasteiger partial charge is 0.247 e. The molecule has 1 fully saturated rings. The number of carbonyl (C=O) groups is 1. The number of nitrogens with two attached hydrogens (primary N) is 1. The van der Waals surface area contributed by atoms with Crippen molar-refractivity contribution in [3.8, 4) is 11.3 Å². The van der Waals surface area contributed by atoms with Crippen LogP contribution in [0.3, 0.4) is 0 Å². The van der Waals surface area contributed by atoms with Gasteiger partial charge in [0.25, 0.3) is 0 Å². The Morgan fingerprint density at radius 1 is 1.17 bits per heavy atom. The molecule has 0 aliphatic carbocycles. The van der Waals surface area contributed by atoms with E-state index in [1.807, 2.05) is 30.3 Å². The van der Waals surface area contributed by atoms with Crippen LogP contribution in [0.5, 0.6) is 0 Å². The number of benzene rings is 1. The van der Waals surface area contributed by atoms with Crippen LogP contribution in [0.15, 0.2) is 73.7 Å². The molecule has 1 amide bonds. The first kappa shape index (κ1) is 23.3. The molecule has 4 aromatic rings. The van der Waals surface area contributed by atoms with Crippen LogP contribution in [-0.4, -0.2) is 58.2 Å². The Morgan fingerprint density at radius 3 is 2.89 bits per heavy atom. The summed E-state index contributed by atoms with van der Waals surface area (Å²) in [6.07, 6.45) is 6.39. The largest absolute Gasteiger partial charge is 0.377 e. The third-order valence-corrected chi connectivity index (χ3v) is 5.90. The van der Waals surface area contributed by atoms with Gasteiger partial charge in [0.05, 0.1) is 42.4 Å². The predicted octanol–water partition coefficient (Wildman–Crippen LogP) is 3.12. The molecule has 10 heteroatoms. The molecule has 1 aliphatic rings. The highest BCUT2D eigenvalue weighted by Gasteiger charge is 2.22. The summed E-state index contributed by atoms with van der Waals surface area (Å²) in [4.78, 5) is 32.2. The first-order chi connectivity index (χ1) is 17.6. The molecular formula is C26H26N8O2. The summed E-state index contributed by atoms with van der Waals surface area (Å²) >= 11 is 0. The molecule has 10 nitrogen and oxygen atoms in total. The second kappa shape index (κ2) is 10.5. The van der Waals surface area contributed by atoms with E-state index >= 15 is 0 Å². The van der Waals surface area contributed by atoms with E-state index < -0.39 is 0 Å². The second-order valence-corrected chi connectivity index (χ2v) is 8.25. The van der Waals surface area contributed by atoms with Gasteiger partial charge in [-0.15, -0.1) is 0 Å². The summed E-state index contributed by atoms with van der Waals surface area (Å²) in [5.41, 5.74) is 9.51. The number of hydrogen-bond donors (Lipinski definition) is 3. The molecule has 0 bridgehead atoms. The van der Waals surface area contributed by atoms with Crippen LogP contribution in [-0.2, 0) is 9.53 Å². The van der Waals surface area contributed by atoms with Crippen LogP contribution in [0.2, 0.25) is 0 Å². The minimum atomic E-state index is -0.286. The maximum atomic E-state index is 11.7. The van der Waals surface area contributed by atoms with Crippen molar-refractivity contribution in [2.24, 2.45) is 5.73 Å². The normalized spacial score (nSPS) is 15.5. The fraction of sp³-hybridized carbons (Fsp3) is 0.192. The van der Waals surface area contributed by atoms with E-state index in [0.717, 1.165) is 34.5 Å². The predicted molar refractivity (Wildman–Crippen MR) is 140 cm³/mol. The number of aromatic nitrogens is 4. The molecule has 0 radical (unpaired) electrons. The van der Waals surface area contributed by atoms with E-state index in [0.29, 0.717) is 37.1 Å². The first-order valence-corrected chi connectivity index (χ1v) is 11.6. The lowest BCUT2D eigenvalue weighted by Gasteiger charge is -2.35. The van der Waals surface area contributed by atoms with Gasteiger partial charge in [0.2, 0.25) is 11.9 Å². The van der Waals surface area contributed by atoms with Gasteiger partial charge in [-0.1, -0.05) is 24.8 Å². The van der Waals surface area contributed by atoms with Crippen molar-refractivity contribution in [1.29, 1.82) is 0 Å². The molecule has 5 rings (SSSR count). The Hall–Kier alpha value is -4.41. The molecule has 1 saturated heterocycles. The molecule has 0 unspecified atom stereocenters. The second-order valence-electron chi connectivity index (χ2n) is 8.25. The van der Waals surface area contributed by atoms with Gasteiger partial charge < -0.3 is 26.0 Å². The van der Waals surface area contributed by atoms with E-state index in [2.05, 4.69) is 37.1 Å². The van der Waals surface area contributed by atoms with Gasteiger partial charge in [0.1, 0.15) is 5.82 Å². The lowest BCUT2D eigenvalue weighted by Crippen LogP contribution is -2.49. The highest BCUT2D eigenvalue weighted by molar-refractivity contribution is 5.99. The Kier molecular flexibility index (Phi) is 6.78. The molecule has 36 heavy (non-hydrogen) atoms. The van der Waals surface area contributed by atoms with E-state index in [1.54, 1.807) is 30.7 Å². The fourth-order valence-corrected chi connectivity index (χ4v) is 4.08. The number of carbonyl (C=O) groups excluding carboxylic acids is 1. The maximum Gasteiger partial charge on any atom is 0.247 e. The quantitative estimate of drug-likeness (QED) is 0.340. The number of nitrogens with zero attached hydrogens (tertiary/aromatic N) is 5.